The van der Waals surface area contributed by atoms with Gasteiger partial charge in [-0.05, 0) is 42.3 Å². The van der Waals surface area contributed by atoms with Crippen LogP contribution in [0.5, 0.6) is 5.75 Å². The number of aromatic nitrogens is 2. The second-order valence-electron chi connectivity index (χ2n) is 5.97. The highest BCUT2D eigenvalue weighted by molar-refractivity contribution is 6.30. The van der Waals surface area contributed by atoms with Crippen molar-refractivity contribution >= 4 is 29.1 Å². The van der Waals surface area contributed by atoms with Crippen molar-refractivity contribution in [2.45, 2.75) is 19.6 Å². The Labute approximate surface area is 167 Å². The maximum Gasteiger partial charge on any atom is 0.251 e. The second-order valence-corrected chi connectivity index (χ2v) is 6.85. The van der Waals surface area contributed by atoms with E-state index in [2.05, 4.69) is 10.4 Å². The molecule has 0 saturated heterocycles. The summed E-state index contributed by atoms with van der Waals surface area (Å²) < 4.78 is 7.45. The van der Waals surface area contributed by atoms with Crippen LogP contribution in [0.25, 0.3) is 0 Å². The monoisotopic (exact) mass is 403 g/mol. The fourth-order valence-corrected chi connectivity index (χ4v) is 2.82. The Morgan fingerprint density at radius 3 is 2.63 bits per heavy atom. The molecule has 140 valence electrons. The smallest absolute Gasteiger partial charge is 0.251 e. The molecule has 0 saturated carbocycles. The largest absolute Gasteiger partial charge is 0.489 e. The maximum absolute atomic E-state index is 12.2. The summed E-state index contributed by atoms with van der Waals surface area (Å²) in [4.78, 5) is 12.2. The summed E-state index contributed by atoms with van der Waals surface area (Å²) >= 11 is 11.7. The molecule has 0 fully saturated rings. The maximum atomic E-state index is 12.2. The van der Waals surface area contributed by atoms with Gasteiger partial charge in [-0.25, -0.2) is 0 Å². The quantitative estimate of drug-likeness (QED) is 0.559. The van der Waals surface area contributed by atoms with Crippen molar-refractivity contribution in [3.05, 3.63) is 82.1 Å². The molecule has 0 unspecified atom stereocenters. The van der Waals surface area contributed by atoms with Crippen LogP contribution in [0.3, 0.4) is 0 Å². The van der Waals surface area contributed by atoms with Gasteiger partial charge < -0.3 is 10.1 Å². The normalized spacial score (nSPS) is 10.6. The van der Waals surface area contributed by atoms with Gasteiger partial charge in [0.2, 0.25) is 0 Å². The molecule has 3 aromatic rings. The van der Waals surface area contributed by atoms with Gasteiger partial charge in [0.25, 0.3) is 5.91 Å². The number of hydrogen-bond donors (Lipinski definition) is 1. The lowest BCUT2D eigenvalue weighted by molar-refractivity contribution is 0.0952. The van der Waals surface area contributed by atoms with E-state index in [-0.39, 0.29) is 5.91 Å². The Morgan fingerprint density at radius 2 is 1.93 bits per heavy atom. The van der Waals surface area contributed by atoms with Gasteiger partial charge in [-0.2, -0.15) is 5.10 Å². The van der Waals surface area contributed by atoms with Crippen LogP contribution in [0.4, 0.5) is 0 Å². The Bertz CT molecular complexity index is 894. The van der Waals surface area contributed by atoms with E-state index < -0.39 is 0 Å². The molecule has 0 spiro atoms. The summed E-state index contributed by atoms with van der Waals surface area (Å²) in [5.41, 5.74) is 1.59. The number of carbonyl (C=O) groups is 1. The number of amides is 1. The van der Waals surface area contributed by atoms with Crippen molar-refractivity contribution < 1.29 is 9.53 Å². The molecule has 1 amide bonds. The van der Waals surface area contributed by atoms with Crippen LogP contribution in [0, 0.1) is 0 Å². The third-order valence-electron chi connectivity index (χ3n) is 3.87. The predicted molar refractivity (Wildman–Crippen MR) is 106 cm³/mol. The van der Waals surface area contributed by atoms with Crippen molar-refractivity contribution in [3.8, 4) is 5.75 Å². The van der Waals surface area contributed by atoms with Crippen LogP contribution in [0.15, 0.2) is 60.9 Å². The van der Waals surface area contributed by atoms with Crippen LogP contribution in [0.2, 0.25) is 10.0 Å². The molecule has 7 heteroatoms. The minimum Gasteiger partial charge on any atom is -0.489 e. The molecule has 3 rings (SSSR count). The predicted octanol–water partition coefficient (Wildman–Crippen LogP) is 4.59. The highest BCUT2D eigenvalue weighted by Crippen LogP contribution is 2.18. The molecular formula is C20H19Cl2N3O2. The third-order valence-corrected chi connectivity index (χ3v) is 4.30. The van der Waals surface area contributed by atoms with Crippen molar-refractivity contribution in [1.82, 2.24) is 15.1 Å². The lowest BCUT2D eigenvalue weighted by atomic mass is 10.1. The first-order valence-electron chi connectivity index (χ1n) is 8.53. The molecule has 1 heterocycles. The molecule has 0 aliphatic rings. The number of benzene rings is 2. The summed E-state index contributed by atoms with van der Waals surface area (Å²) in [6.45, 7) is 1.68. The number of nitrogens with one attached hydrogen (secondary N) is 1. The number of rotatable bonds is 8. The summed E-state index contributed by atoms with van der Waals surface area (Å²) in [5.74, 6) is 0.610. The minimum atomic E-state index is -0.101. The highest BCUT2D eigenvalue weighted by atomic mass is 35.5. The van der Waals surface area contributed by atoms with E-state index in [9.17, 15) is 4.79 Å². The van der Waals surface area contributed by atoms with Crippen LogP contribution in [-0.2, 0) is 13.2 Å². The Morgan fingerprint density at radius 1 is 1.11 bits per heavy atom. The van der Waals surface area contributed by atoms with Gasteiger partial charge in [0.05, 0.1) is 11.2 Å². The fourth-order valence-electron chi connectivity index (χ4n) is 2.48. The van der Waals surface area contributed by atoms with E-state index in [1.165, 1.54) is 0 Å². The second kappa shape index (κ2) is 9.44. The summed E-state index contributed by atoms with van der Waals surface area (Å²) in [6.07, 6.45) is 4.13. The van der Waals surface area contributed by atoms with Gasteiger partial charge in [-0.1, -0.05) is 41.4 Å². The molecular weight excluding hydrogens is 385 g/mol. The Kier molecular flexibility index (Phi) is 6.74. The van der Waals surface area contributed by atoms with E-state index in [1.807, 2.05) is 24.3 Å². The Balaban J connectivity index is 1.42. The van der Waals surface area contributed by atoms with Gasteiger partial charge in [0.1, 0.15) is 12.4 Å². The van der Waals surface area contributed by atoms with E-state index >= 15 is 0 Å². The topological polar surface area (TPSA) is 56.2 Å². The minimum absolute atomic E-state index is 0.101. The molecule has 0 aliphatic carbocycles. The molecule has 1 N–H and O–H groups in total. The summed E-state index contributed by atoms with van der Waals surface area (Å²) in [7, 11) is 0. The van der Waals surface area contributed by atoms with Gasteiger partial charge >= 0.3 is 0 Å². The molecule has 0 radical (unpaired) electrons. The van der Waals surface area contributed by atoms with Gasteiger partial charge in [-0.3, -0.25) is 9.48 Å². The lowest BCUT2D eigenvalue weighted by Gasteiger charge is -2.08. The standard InChI is InChI=1S/C20H19Cl2N3O2/c21-17-3-1-4-19(11-17)27-14-15-5-7-16(8-6-15)20(26)23-9-2-10-25-13-18(22)12-24-25/h1,3-8,11-13H,2,9-10,14H2,(H,23,26). The summed E-state index contributed by atoms with van der Waals surface area (Å²) in [5, 5.41) is 8.24. The highest BCUT2D eigenvalue weighted by Gasteiger charge is 2.05. The number of nitrogens with zero attached hydrogens (tertiary/aromatic N) is 2. The molecule has 0 bridgehead atoms. The van der Waals surface area contributed by atoms with Crippen molar-refractivity contribution in [1.29, 1.82) is 0 Å². The van der Waals surface area contributed by atoms with E-state index in [1.54, 1.807) is 41.3 Å². The first-order valence-corrected chi connectivity index (χ1v) is 9.29. The van der Waals surface area contributed by atoms with E-state index in [0.29, 0.717) is 41.1 Å². The van der Waals surface area contributed by atoms with Crippen LogP contribution in [0.1, 0.15) is 22.3 Å². The zero-order valence-corrected chi connectivity index (χ0v) is 16.1. The fraction of sp³-hybridized carbons (Fsp3) is 0.200. The summed E-state index contributed by atoms with van der Waals surface area (Å²) in [6, 6.07) is 14.6. The SMILES string of the molecule is O=C(NCCCn1cc(Cl)cn1)c1ccc(COc2cccc(Cl)c2)cc1. The van der Waals surface area contributed by atoms with E-state index in [4.69, 9.17) is 27.9 Å². The lowest BCUT2D eigenvalue weighted by Crippen LogP contribution is -2.25. The van der Waals surface area contributed by atoms with E-state index in [0.717, 1.165) is 12.0 Å². The van der Waals surface area contributed by atoms with Gasteiger partial charge in [0.15, 0.2) is 0 Å². The van der Waals surface area contributed by atoms with Crippen molar-refractivity contribution in [2.24, 2.45) is 0 Å². The van der Waals surface area contributed by atoms with Crippen LogP contribution in [-0.4, -0.2) is 22.2 Å². The number of aryl methyl sites for hydroxylation is 1. The first-order chi connectivity index (χ1) is 13.1. The first kappa shape index (κ1) is 19.3. The zero-order chi connectivity index (χ0) is 19.1. The number of hydrogen-bond acceptors (Lipinski definition) is 3. The third kappa shape index (κ3) is 6.01. The van der Waals surface area contributed by atoms with Crippen LogP contribution < -0.4 is 10.1 Å². The molecule has 27 heavy (non-hydrogen) atoms. The number of carbonyl (C=O) groups excluding carboxylic acids is 1. The molecule has 0 aliphatic heterocycles. The van der Waals surface area contributed by atoms with Gasteiger partial charge in [-0.15, -0.1) is 0 Å². The van der Waals surface area contributed by atoms with Crippen molar-refractivity contribution in [3.63, 3.8) is 0 Å². The average molecular weight is 404 g/mol. The van der Waals surface area contributed by atoms with Gasteiger partial charge in [0, 0.05) is 29.9 Å². The molecule has 1 aromatic heterocycles. The zero-order valence-electron chi connectivity index (χ0n) is 14.6. The Hall–Kier alpha value is -2.50. The average Bonchev–Trinajstić information content (AvgIpc) is 3.09. The van der Waals surface area contributed by atoms with Crippen LogP contribution >= 0.6 is 23.2 Å². The number of halogens is 2. The molecule has 5 nitrogen and oxygen atoms in total. The number of ether oxygens (including phenoxy) is 1. The molecule has 2 aromatic carbocycles. The van der Waals surface area contributed by atoms with Crippen molar-refractivity contribution in [2.75, 3.05) is 6.54 Å². The molecule has 0 atom stereocenters.